The largest absolute Gasteiger partial charge is 0.335 e. The Hall–Kier alpha value is -2.04. The van der Waals surface area contributed by atoms with Crippen molar-refractivity contribution in [1.29, 1.82) is 0 Å². The standard InChI is InChI=1S/C20H28N4O/c1-13-5-6-17-22-15(12-24(17)11-13)10-21-18(25)23-16-9-14-7-8-20(16,4)19(14,2)3/h5-6,11-12,14,16H,7-10H2,1-4H3,(H2,21,23,25)/t14-,16+,20-/m1/s1. The number of carbonyl (C=O) groups is 1. The Kier molecular flexibility index (Phi) is 3.60. The second kappa shape index (κ2) is 5.48. The predicted octanol–water partition coefficient (Wildman–Crippen LogP) is 3.66. The number of fused-ring (bicyclic) bond motifs is 3. The van der Waals surface area contributed by atoms with Gasteiger partial charge in [0.05, 0.1) is 12.2 Å². The summed E-state index contributed by atoms with van der Waals surface area (Å²) >= 11 is 0. The van der Waals surface area contributed by atoms with E-state index in [0.717, 1.165) is 23.7 Å². The van der Waals surface area contributed by atoms with E-state index in [9.17, 15) is 4.79 Å². The number of aromatic nitrogens is 2. The molecule has 2 aliphatic rings. The first-order chi connectivity index (χ1) is 11.8. The highest BCUT2D eigenvalue weighted by Crippen LogP contribution is 2.65. The molecule has 0 spiro atoms. The maximum absolute atomic E-state index is 12.4. The van der Waals surface area contributed by atoms with Crippen LogP contribution in [0, 0.1) is 23.7 Å². The van der Waals surface area contributed by atoms with Crippen LogP contribution in [0.5, 0.6) is 0 Å². The van der Waals surface area contributed by atoms with Gasteiger partial charge in [-0.25, -0.2) is 9.78 Å². The zero-order valence-corrected chi connectivity index (χ0v) is 15.6. The first-order valence-corrected chi connectivity index (χ1v) is 9.28. The molecule has 2 aliphatic carbocycles. The third kappa shape index (κ3) is 2.52. The average Bonchev–Trinajstić information content (AvgIpc) is 3.11. The normalized spacial score (nSPS) is 29.9. The summed E-state index contributed by atoms with van der Waals surface area (Å²) in [6.45, 7) is 9.58. The van der Waals surface area contributed by atoms with Gasteiger partial charge in [0, 0.05) is 18.4 Å². The lowest BCUT2D eigenvalue weighted by Crippen LogP contribution is -2.50. The van der Waals surface area contributed by atoms with Gasteiger partial charge in [-0.2, -0.15) is 0 Å². The number of rotatable bonds is 3. The van der Waals surface area contributed by atoms with Crippen molar-refractivity contribution in [2.45, 2.75) is 59.5 Å². The lowest BCUT2D eigenvalue weighted by atomic mass is 9.69. The van der Waals surface area contributed by atoms with E-state index in [0.29, 0.717) is 12.0 Å². The third-order valence-electron chi connectivity index (χ3n) is 7.18. The molecule has 0 unspecified atom stereocenters. The maximum atomic E-state index is 12.4. The topological polar surface area (TPSA) is 58.4 Å². The molecule has 25 heavy (non-hydrogen) atoms. The van der Waals surface area contributed by atoms with Crippen molar-refractivity contribution < 1.29 is 4.79 Å². The van der Waals surface area contributed by atoms with Gasteiger partial charge in [-0.1, -0.05) is 26.8 Å². The zero-order chi connectivity index (χ0) is 17.8. The molecule has 134 valence electrons. The van der Waals surface area contributed by atoms with E-state index in [1.54, 1.807) is 0 Å². The summed E-state index contributed by atoms with van der Waals surface area (Å²) in [6.07, 6.45) is 7.63. The van der Waals surface area contributed by atoms with Crippen molar-refractivity contribution in [3.05, 3.63) is 35.8 Å². The number of hydrogen-bond acceptors (Lipinski definition) is 2. The van der Waals surface area contributed by atoms with Crippen molar-refractivity contribution in [3.8, 4) is 0 Å². The first kappa shape index (κ1) is 16.4. The number of nitrogens with zero attached hydrogens (tertiary/aromatic N) is 2. The molecule has 2 N–H and O–H groups in total. The minimum absolute atomic E-state index is 0.0807. The van der Waals surface area contributed by atoms with Gasteiger partial charge < -0.3 is 15.0 Å². The van der Waals surface area contributed by atoms with E-state index < -0.39 is 0 Å². The molecule has 3 atom stereocenters. The number of nitrogens with one attached hydrogen (secondary N) is 2. The quantitative estimate of drug-likeness (QED) is 0.896. The molecule has 0 aliphatic heterocycles. The molecule has 2 aromatic rings. The van der Waals surface area contributed by atoms with Crippen molar-refractivity contribution >= 4 is 11.7 Å². The second-order valence-corrected chi connectivity index (χ2v) is 8.69. The van der Waals surface area contributed by atoms with Gasteiger partial charge in [-0.05, 0) is 54.6 Å². The minimum Gasteiger partial charge on any atom is -0.335 e. The van der Waals surface area contributed by atoms with Gasteiger partial charge >= 0.3 is 6.03 Å². The molecule has 0 aromatic carbocycles. The lowest BCUT2D eigenvalue weighted by Gasteiger charge is -2.39. The smallest absolute Gasteiger partial charge is 0.315 e. The van der Waals surface area contributed by atoms with Gasteiger partial charge in [0.25, 0.3) is 0 Å². The predicted molar refractivity (Wildman–Crippen MR) is 98.3 cm³/mol. The van der Waals surface area contributed by atoms with Gasteiger partial charge in [-0.3, -0.25) is 0 Å². The van der Waals surface area contributed by atoms with E-state index in [1.807, 2.05) is 28.9 Å². The highest BCUT2D eigenvalue weighted by molar-refractivity contribution is 5.74. The summed E-state index contributed by atoms with van der Waals surface area (Å²) in [5, 5.41) is 6.21. The number of carbonyl (C=O) groups excluding carboxylic acids is 1. The van der Waals surface area contributed by atoms with Gasteiger partial charge in [0.15, 0.2) is 0 Å². The van der Waals surface area contributed by atoms with Crippen LogP contribution in [0.1, 0.15) is 51.3 Å². The summed E-state index contributed by atoms with van der Waals surface area (Å²) in [5.74, 6) is 0.726. The Balaban J connectivity index is 1.38. The molecule has 2 amide bonds. The average molecular weight is 340 g/mol. The lowest BCUT2D eigenvalue weighted by molar-refractivity contribution is 0.123. The summed E-state index contributed by atoms with van der Waals surface area (Å²) in [6, 6.07) is 4.23. The van der Waals surface area contributed by atoms with Gasteiger partial charge in [-0.15, -0.1) is 0 Å². The van der Waals surface area contributed by atoms with Crippen LogP contribution < -0.4 is 10.6 Å². The first-order valence-electron chi connectivity index (χ1n) is 9.28. The van der Waals surface area contributed by atoms with Crippen molar-refractivity contribution in [1.82, 2.24) is 20.0 Å². The molecule has 0 radical (unpaired) electrons. The molecule has 5 nitrogen and oxygen atoms in total. The Labute approximate surface area is 149 Å². The van der Waals surface area contributed by atoms with Crippen LogP contribution in [0.25, 0.3) is 5.65 Å². The van der Waals surface area contributed by atoms with Crippen LogP contribution in [-0.4, -0.2) is 21.5 Å². The monoisotopic (exact) mass is 340 g/mol. The van der Waals surface area contributed by atoms with Crippen LogP contribution in [0.4, 0.5) is 4.79 Å². The fourth-order valence-electron chi connectivity index (χ4n) is 5.04. The minimum atomic E-state index is -0.0807. The summed E-state index contributed by atoms with van der Waals surface area (Å²) < 4.78 is 2.00. The van der Waals surface area contributed by atoms with E-state index in [2.05, 4.69) is 43.3 Å². The number of amides is 2. The number of pyridine rings is 1. The van der Waals surface area contributed by atoms with Crippen LogP contribution in [0.2, 0.25) is 0 Å². The van der Waals surface area contributed by atoms with Crippen molar-refractivity contribution in [2.24, 2.45) is 16.7 Å². The van der Waals surface area contributed by atoms with Crippen LogP contribution in [0.15, 0.2) is 24.5 Å². The molecule has 2 heterocycles. The molecule has 2 fully saturated rings. The van der Waals surface area contributed by atoms with Gasteiger partial charge in [0.2, 0.25) is 0 Å². The summed E-state index contributed by atoms with van der Waals surface area (Å²) in [4.78, 5) is 17.0. The summed E-state index contributed by atoms with van der Waals surface area (Å²) in [7, 11) is 0. The van der Waals surface area contributed by atoms with E-state index in [4.69, 9.17) is 0 Å². The molecular weight excluding hydrogens is 312 g/mol. The van der Waals surface area contributed by atoms with Gasteiger partial charge in [0.1, 0.15) is 5.65 Å². The fraction of sp³-hybridized carbons (Fsp3) is 0.600. The van der Waals surface area contributed by atoms with Crippen molar-refractivity contribution in [2.75, 3.05) is 0 Å². The molecule has 4 rings (SSSR count). The Morgan fingerprint density at radius 2 is 2.12 bits per heavy atom. The highest BCUT2D eigenvalue weighted by atomic mass is 16.2. The number of imidazole rings is 1. The molecule has 0 saturated heterocycles. The molecule has 5 heteroatoms. The highest BCUT2D eigenvalue weighted by Gasteiger charge is 2.61. The number of hydrogen-bond donors (Lipinski definition) is 2. The molecule has 2 bridgehead atoms. The Morgan fingerprint density at radius 1 is 1.32 bits per heavy atom. The Morgan fingerprint density at radius 3 is 2.80 bits per heavy atom. The summed E-state index contributed by atoms with van der Waals surface area (Å²) in [5.41, 5.74) is 3.49. The van der Waals surface area contributed by atoms with Crippen molar-refractivity contribution in [3.63, 3.8) is 0 Å². The van der Waals surface area contributed by atoms with Crippen LogP contribution in [0.3, 0.4) is 0 Å². The third-order valence-corrected chi connectivity index (χ3v) is 7.18. The van der Waals surface area contributed by atoms with Crippen LogP contribution >= 0.6 is 0 Å². The Bertz CT molecular complexity index is 824. The fourth-order valence-corrected chi connectivity index (χ4v) is 5.04. The van der Waals surface area contributed by atoms with E-state index in [1.165, 1.54) is 18.4 Å². The SMILES string of the molecule is Cc1ccc2nc(CNC(=O)N[C@H]3C[C@H]4CC[C@@]3(C)C4(C)C)cn2c1. The molecular formula is C20H28N4O. The van der Waals surface area contributed by atoms with Crippen LogP contribution in [-0.2, 0) is 6.54 Å². The maximum Gasteiger partial charge on any atom is 0.315 e. The number of aryl methyl sites for hydroxylation is 1. The second-order valence-electron chi connectivity index (χ2n) is 8.69. The molecule has 2 aromatic heterocycles. The molecule has 2 saturated carbocycles. The number of urea groups is 1. The van der Waals surface area contributed by atoms with E-state index >= 15 is 0 Å². The van der Waals surface area contributed by atoms with E-state index in [-0.39, 0.29) is 17.5 Å². The zero-order valence-electron chi connectivity index (χ0n) is 15.6.